The third kappa shape index (κ3) is 3.91. The summed E-state index contributed by atoms with van der Waals surface area (Å²) in [5.41, 5.74) is 4.32. The fraction of sp³-hybridized carbons (Fsp3) is 0.0870. The number of rotatable bonds is 4. The van der Waals surface area contributed by atoms with Gasteiger partial charge in [-0.3, -0.25) is 4.79 Å². The summed E-state index contributed by atoms with van der Waals surface area (Å²) in [6.07, 6.45) is 0. The Morgan fingerprint density at radius 2 is 1.66 bits per heavy atom. The van der Waals surface area contributed by atoms with Crippen molar-refractivity contribution in [1.29, 1.82) is 0 Å². The second-order valence-electron chi connectivity index (χ2n) is 6.77. The first-order valence-corrected chi connectivity index (χ1v) is 9.18. The van der Waals surface area contributed by atoms with E-state index in [0.717, 1.165) is 16.8 Å². The number of carbonyl (C=O) groups excluding carboxylic acids is 1. The Morgan fingerprint density at radius 3 is 2.34 bits per heavy atom. The van der Waals surface area contributed by atoms with E-state index in [0.29, 0.717) is 17.1 Å². The first-order chi connectivity index (χ1) is 14.0. The molecule has 0 saturated carbocycles. The molecular formula is C23H19FN4O. The van der Waals surface area contributed by atoms with Crippen molar-refractivity contribution in [2.75, 3.05) is 5.32 Å². The SMILES string of the molecule is Cc1ccc(NC(=O)c2nc(-c3ccc(F)cc3)n(-c3ccccc3)n2)cc1C. The maximum Gasteiger partial charge on any atom is 0.295 e. The van der Waals surface area contributed by atoms with Crippen LogP contribution in [0.5, 0.6) is 0 Å². The molecule has 0 bridgehead atoms. The third-order valence-electron chi connectivity index (χ3n) is 4.68. The lowest BCUT2D eigenvalue weighted by Crippen LogP contribution is -2.14. The maximum absolute atomic E-state index is 13.4. The number of carbonyl (C=O) groups is 1. The number of anilines is 1. The Balaban J connectivity index is 1.73. The van der Waals surface area contributed by atoms with Crippen molar-refractivity contribution in [2.45, 2.75) is 13.8 Å². The van der Waals surface area contributed by atoms with Gasteiger partial charge < -0.3 is 5.32 Å². The third-order valence-corrected chi connectivity index (χ3v) is 4.68. The van der Waals surface area contributed by atoms with E-state index >= 15 is 0 Å². The first kappa shape index (κ1) is 18.6. The molecule has 0 saturated heterocycles. The van der Waals surface area contributed by atoms with Crippen molar-refractivity contribution < 1.29 is 9.18 Å². The van der Waals surface area contributed by atoms with Crippen LogP contribution in [0.4, 0.5) is 10.1 Å². The van der Waals surface area contributed by atoms with Crippen molar-refractivity contribution in [3.63, 3.8) is 0 Å². The average Bonchev–Trinajstić information content (AvgIpc) is 3.18. The number of nitrogens with one attached hydrogen (secondary N) is 1. The lowest BCUT2D eigenvalue weighted by molar-refractivity contribution is 0.101. The highest BCUT2D eigenvalue weighted by Crippen LogP contribution is 2.22. The molecule has 0 aliphatic carbocycles. The molecule has 0 spiro atoms. The fourth-order valence-electron chi connectivity index (χ4n) is 2.95. The van der Waals surface area contributed by atoms with Crippen molar-refractivity contribution in [3.8, 4) is 17.1 Å². The van der Waals surface area contributed by atoms with Crippen LogP contribution in [0.15, 0.2) is 72.8 Å². The van der Waals surface area contributed by atoms with Crippen LogP contribution in [-0.4, -0.2) is 20.7 Å². The Morgan fingerprint density at radius 1 is 0.931 bits per heavy atom. The Kier molecular flexibility index (Phi) is 4.91. The molecule has 5 nitrogen and oxygen atoms in total. The van der Waals surface area contributed by atoms with Gasteiger partial charge in [0.15, 0.2) is 5.82 Å². The highest BCUT2D eigenvalue weighted by atomic mass is 19.1. The summed E-state index contributed by atoms with van der Waals surface area (Å²) in [5.74, 6) is -0.258. The van der Waals surface area contributed by atoms with Gasteiger partial charge in [0.2, 0.25) is 5.82 Å². The number of nitrogens with zero attached hydrogens (tertiary/aromatic N) is 3. The lowest BCUT2D eigenvalue weighted by atomic mass is 10.1. The molecule has 144 valence electrons. The molecule has 0 radical (unpaired) electrons. The van der Waals surface area contributed by atoms with E-state index < -0.39 is 5.91 Å². The zero-order valence-electron chi connectivity index (χ0n) is 16.1. The molecule has 4 rings (SSSR count). The van der Waals surface area contributed by atoms with E-state index in [1.54, 1.807) is 16.8 Å². The van der Waals surface area contributed by atoms with Crippen LogP contribution >= 0.6 is 0 Å². The number of amides is 1. The van der Waals surface area contributed by atoms with Gasteiger partial charge in [-0.2, -0.15) is 0 Å². The van der Waals surface area contributed by atoms with Crippen molar-refractivity contribution >= 4 is 11.6 Å². The summed E-state index contributed by atoms with van der Waals surface area (Å²) >= 11 is 0. The summed E-state index contributed by atoms with van der Waals surface area (Å²) in [7, 11) is 0. The number of hydrogen-bond acceptors (Lipinski definition) is 3. The summed E-state index contributed by atoms with van der Waals surface area (Å²) in [4.78, 5) is 17.2. The topological polar surface area (TPSA) is 59.8 Å². The molecule has 0 unspecified atom stereocenters. The zero-order valence-corrected chi connectivity index (χ0v) is 16.1. The molecule has 6 heteroatoms. The highest BCUT2D eigenvalue weighted by Gasteiger charge is 2.19. The van der Waals surface area contributed by atoms with Crippen LogP contribution in [0.1, 0.15) is 21.7 Å². The van der Waals surface area contributed by atoms with E-state index in [1.165, 1.54) is 12.1 Å². The van der Waals surface area contributed by atoms with E-state index in [-0.39, 0.29) is 11.6 Å². The minimum Gasteiger partial charge on any atom is -0.319 e. The van der Waals surface area contributed by atoms with Gasteiger partial charge in [-0.15, -0.1) is 5.10 Å². The summed E-state index contributed by atoms with van der Waals surface area (Å²) in [6, 6.07) is 21.0. The van der Waals surface area contributed by atoms with Gasteiger partial charge in [-0.1, -0.05) is 24.3 Å². The predicted molar refractivity (Wildman–Crippen MR) is 111 cm³/mol. The number of aromatic nitrogens is 3. The number of benzene rings is 3. The van der Waals surface area contributed by atoms with Crippen molar-refractivity contribution in [3.05, 3.63) is 95.6 Å². The molecule has 3 aromatic carbocycles. The summed E-state index contributed by atoms with van der Waals surface area (Å²) < 4.78 is 14.9. The highest BCUT2D eigenvalue weighted by molar-refractivity contribution is 6.01. The molecule has 0 fully saturated rings. The number of aryl methyl sites for hydroxylation is 2. The molecule has 4 aromatic rings. The second-order valence-corrected chi connectivity index (χ2v) is 6.77. The van der Waals surface area contributed by atoms with Crippen LogP contribution in [0.25, 0.3) is 17.1 Å². The first-order valence-electron chi connectivity index (χ1n) is 9.18. The van der Waals surface area contributed by atoms with Crippen molar-refractivity contribution in [2.24, 2.45) is 0 Å². The smallest absolute Gasteiger partial charge is 0.295 e. The van der Waals surface area contributed by atoms with Crippen molar-refractivity contribution in [1.82, 2.24) is 14.8 Å². The maximum atomic E-state index is 13.4. The molecule has 1 amide bonds. The molecule has 1 aromatic heterocycles. The Hall–Kier alpha value is -3.80. The molecule has 29 heavy (non-hydrogen) atoms. The van der Waals surface area contributed by atoms with Gasteiger partial charge in [-0.05, 0) is 73.5 Å². The van der Waals surface area contributed by atoms with Crippen LogP contribution < -0.4 is 5.32 Å². The van der Waals surface area contributed by atoms with E-state index in [1.807, 2.05) is 62.4 Å². The molecule has 1 N–H and O–H groups in total. The quantitative estimate of drug-likeness (QED) is 0.540. The van der Waals surface area contributed by atoms with Gasteiger partial charge in [0, 0.05) is 11.3 Å². The van der Waals surface area contributed by atoms with Crippen LogP contribution in [0.2, 0.25) is 0 Å². The molecule has 0 aliphatic heterocycles. The van der Waals surface area contributed by atoms with Gasteiger partial charge in [0.05, 0.1) is 5.69 Å². The molecular weight excluding hydrogens is 367 g/mol. The largest absolute Gasteiger partial charge is 0.319 e. The second kappa shape index (κ2) is 7.67. The Labute approximate surface area is 167 Å². The monoisotopic (exact) mass is 386 g/mol. The van der Waals surface area contributed by atoms with Gasteiger partial charge in [0.1, 0.15) is 5.82 Å². The fourth-order valence-corrected chi connectivity index (χ4v) is 2.95. The molecule has 0 atom stereocenters. The Bertz CT molecular complexity index is 1170. The van der Waals surface area contributed by atoms with E-state index in [2.05, 4.69) is 15.4 Å². The molecule has 1 heterocycles. The molecule has 0 aliphatic rings. The lowest BCUT2D eigenvalue weighted by Gasteiger charge is -2.06. The van der Waals surface area contributed by atoms with Gasteiger partial charge in [-0.25, -0.2) is 14.1 Å². The standard InChI is InChI=1S/C23H19FN4O/c1-15-8-13-19(14-16(15)2)25-23(29)21-26-22(17-9-11-18(24)12-10-17)28(27-21)20-6-4-3-5-7-20/h3-14H,1-2H3,(H,25,29). The van der Waals surface area contributed by atoms with Crippen LogP contribution in [0, 0.1) is 19.7 Å². The average molecular weight is 386 g/mol. The zero-order chi connectivity index (χ0) is 20.4. The minimum absolute atomic E-state index is 0.0337. The summed E-state index contributed by atoms with van der Waals surface area (Å²) in [6.45, 7) is 4.00. The van der Waals surface area contributed by atoms with Crippen LogP contribution in [-0.2, 0) is 0 Å². The normalized spacial score (nSPS) is 10.7. The number of para-hydroxylation sites is 1. The van der Waals surface area contributed by atoms with E-state index in [9.17, 15) is 9.18 Å². The van der Waals surface area contributed by atoms with Gasteiger partial charge >= 0.3 is 0 Å². The number of halogens is 1. The summed E-state index contributed by atoms with van der Waals surface area (Å²) in [5, 5.41) is 7.26. The van der Waals surface area contributed by atoms with Crippen LogP contribution in [0.3, 0.4) is 0 Å². The van der Waals surface area contributed by atoms with E-state index in [4.69, 9.17) is 0 Å². The minimum atomic E-state index is -0.411. The predicted octanol–water partition coefficient (Wildman–Crippen LogP) is 4.94. The van der Waals surface area contributed by atoms with Gasteiger partial charge in [0.25, 0.3) is 5.91 Å². The number of hydrogen-bond donors (Lipinski definition) is 1.